The number of hydrogen-bond acceptors (Lipinski definition) is 7. The van der Waals surface area contributed by atoms with Gasteiger partial charge in [-0.1, -0.05) is 23.4 Å². The summed E-state index contributed by atoms with van der Waals surface area (Å²) in [6.07, 6.45) is 1.62. The predicted molar refractivity (Wildman–Crippen MR) is 114 cm³/mol. The number of hydrogen-bond donors (Lipinski definition) is 2. The van der Waals surface area contributed by atoms with Crippen LogP contribution in [0.15, 0.2) is 60.8 Å². The van der Waals surface area contributed by atoms with Crippen molar-refractivity contribution in [1.29, 1.82) is 0 Å². The molecule has 0 atom stereocenters. The summed E-state index contributed by atoms with van der Waals surface area (Å²) in [6, 6.07) is 16.3. The van der Waals surface area contributed by atoms with Gasteiger partial charge in [-0.3, -0.25) is 9.78 Å². The fraction of sp³-hybridized carbons (Fsp3) is 0.136. The van der Waals surface area contributed by atoms with Crippen LogP contribution in [0.5, 0.6) is 5.88 Å². The fourth-order valence-electron chi connectivity index (χ4n) is 3.07. The first-order chi connectivity index (χ1) is 15.1. The Morgan fingerprint density at radius 2 is 1.94 bits per heavy atom. The van der Waals surface area contributed by atoms with Crippen LogP contribution in [-0.2, 0) is 6.61 Å². The number of para-hydroxylation sites is 1. The number of carbonyl (C=O) groups is 1. The number of aliphatic hydroxyl groups excluding tert-OH is 1. The molecule has 31 heavy (non-hydrogen) atoms. The van der Waals surface area contributed by atoms with E-state index in [1.165, 1.54) is 11.8 Å². The zero-order chi connectivity index (χ0) is 21.8. The summed E-state index contributed by atoms with van der Waals surface area (Å²) in [5.74, 6) is -0.123. The zero-order valence-electron chi connectivity index (χ0n) is 17.0. The summed E-state index contributed by atoms with van der Waals surface area (Å²) >= 11 is 0. The van der Waals surface area contributed by atoms with E-state index in [1.807, 2.05) is 36.4 Å². The molecule has 9 heteroatoms. The zero-order valence-corrected chi connectivity index (χ0v) is 17.0. The SMILES string of the molecule is COc1nc(-c2ccc(CO)nc2)ccc1NC(=O)c1c(C)nnn1-c1ccccc1. The Kier molecular flexibility index (Phi) is 5.67. The Labute approximate surface area is 178 Å². The highest BCUT2D eigenvalue weighted by Crippen LogP contribution is 2.27. The average molecular weight is 416 g/mol. The average Bonchev–Trinajstić information content (AvgIpc) is 3.21. The van der Waals surface area contributed by atoms with Crippen molar-refractivity contribution in [2.75, 3.05) is 12.4 Å². The minimum absolute atomic E-state index is 0.129. The molecule has 0 saturated carbocycles. The van der Waals surface area contributed by atoms with Crippen molar-refractivity contribution in [3.63, 3.8) is 0 Å². The maximum absolute atomic E-state index is 13.1. The molecule has 0 saturated heterocycles. The second kappa shape index (κ2) is 8.72. The lowest BCUT2D eigenvalue weighted by Crippen LogP contribution is -2.18. The van der Waals surface area contributed by atoms with Gasteiger partial charge in [0.1, 0.15) is 5.69 Å². The summed E-state index contributed by atoms with van der Waals surface area (Å²) in [7, 11) is 1.48. The molecule has 1 aromatic carbocycles. The smallest absolute Gasteiger partial charge is 0.276 e. The Hall–Kier alpha value is -4.11. The second-order valence-corrected chi connectivity index (χ2v) is 6.67. The van der Waals surface area contributed by atoms with Gasteiger partial charge in [-0.25, -0.2) is 9.67 Å². The summed E-state index contributed by atoms with van der Waals surface area (Å²) in [5.41, 5.74) is 3.91. The van der Waals surface area contributed by atoms with Crippen molar-refractivity contribution in [1.82, 2.24) is 25.0 Å². The number of nitrogens with zero attached hydrogens (tertiary/aromatic N) is 5. The van der Waals surface area contributed by atoms with E-state index in [2.05, 4.69) is 25.6 Å². The molecule has 0 radical (unpaired) electrons. The molecule has 3 heterocycles. The van der Waals surface area contributed by atoms with Gasteiger partial charge < -0.3 is 15.2 Å². The normalized spacial score (nSPS) is 10.7. The van der Waals surface area contributed by atoms with Gasteiger partial charge in [0.2, 0.25) is 5.88 Å². The number of amides is 1. The van der Waals surface area contributed by atoms with Gasteiger partial charge in [0, 0.05) is 11.8 Å². The number of benzene rings is 1. The molecule has 156 valence electrons. The molecule has 0 aliphatic carbocycles. The molecular weight excluding hydrogens is 396 g/mol. The highest BCUT2D eigenvalue weighted by molar-refractivity contribution is 6.04. The minimum atomic E-state index is -0.381. The lowest BCUT2D eigenvalue weighted by Gasteiger charge is -2.12. The molecule has 4 rings (SSSR count). The van der Waals surface area contributed by atoms with Crippen molar-refractivity contribution in [3.8, 4) is 22.8 Å². The Balaban J connectivity index is 1.63. The van der Waals surface area contributed by atoms with Gasteiger partial charge in [-0.2, -0.15) is 0 Å². The van der Waals surface area contributed by atoms with Gasteiger partial charge in [0.15, 0.2) is 5.69 Å². The maximum Gasteiger partial charge on any atom is 0.276 e. The first-order valence-electron chi connectivity index (χ1n) is 9.51. The lowest BCUT2D eigenvalue weighted by atomic mass is 10.1. The molecule has 4 aromatic rings. The Morgan fingerprint density at radius 3 is 2.61 bits per heavy atom. The summed E-state index contributed by atoms with van der Waals surface area (Å²) in [4.78, 5) is 21.7. The van der Waals surface area contributed by atoms with Crippen LogP contribution in [0, 0.1) is 6.92 Å². The number of anilines is 1. The predicted octanol–water partition coefficient (Wildman–Crippen LogP) is 2.79. The molecule has 0 unspecified atom stereocenters. The number of aryl methyl sites for hydroxylation is 1. The Bertz CT molecular complexity index is 1210. The van der Waals surface area contributed by atoms with E-state index in [9.17, 15) is 4.79 Å². The van der Waals surface area contributed by atoms with Crippen molar-refractivity contribution >= 4 is 11.6 Å². The van der Waals surface area contributed by atoms with Crippen LogP contribution >= 0.6 is 0 Å². The molecular formula is C22H20N6O3. The van der Waals surface area contributed by atoms with Crippen LogP contribution in [0.1, 0.15) is 21.9 Å². The molecule has 3 aromatic heterocycles. The molecule has 0 spiro atoms. The van der Waals surface area contributed by atoms with E-state index in [4.69, 9.17) is 9.84 Å². The van der Waals surface area contributed by atoms with Crippen LogP contribution < -0.4 is 10.1 Å². The molecule has 0 fully saturated rings. The van der Waals surface area contributed by atoms with Gasteiger partial charge in [-0.15, -0.1) is 5.10 Å². The van der Waals surface area contributed by atoms with Gasteiger partial charge >= 0.3 is 0 Å². The highest BCUT2D eigenvalue weighted by atomic mass is 16.5. The molecule has 0 aliphatic heterocycles. The third-order valence-electron chi connectivity index (χ3n) is 4.64. The van der Waals surface area contributed by atoms with Crippen molar-refractivity contribution < 1.29 is 14.6 Å². The second-order valence-electron chi connectivity index (χ2n) is 6.67. The van der Waals surface area contributed by atoms with Crippen LogP contribution in [0.25, 0.3) is 16.9 Å². The Morgan fingerprint density at radius 1 is 1.13 bits per heavy atom. The van der Waals surface area contributed by atoms with Crippen LogP contribution in [0.2, 0.25) is 0 Å². The van der Waals surface area contributed by atoms with E-state index in [1.54, 1.807) is 31.3 Å². The van der Waals surface area contributed by atoms with Crippen LogP contribution in [0.3, 0.4) is 0 Å². The monoisotopic (exact) mass is 416 g/mol. The third-order valence-corrected chi connectivity index (χ3v) is 4.64. The number of methoxy groups -OCH3 is 1. The lowest BCUT2D eigenvalue weighted by molar-refractivity contribution is 0.101. The van der Waals surface area contributed by atoms with E-state index < -0.39 is 0 Å². The number of aromatic nitrogens is 5. The first-order valence-corrected chi connectivity index (χ1v) is 9.51. The fourth-order valence-corrected chi connectivity index (χ4v) is 3.07. The summed E-state index contributed by atoms with van der Waals surface area (Å²) < 4.78 is 6.88. The maximum atomic E-state index is 13.1. The first kappa shape index (κ1) is 20.2. The van der Waals surface area contributed by atoms with Crippen molar-refractivity contribution in [2.45, 2.75) is 13.5 Å². The topological polar surface area (TPSA) is 115 Å². The molecule has 2 N–H and O–H groups in total. The standard InChI is InChI=1S/C22H20N6O3/c1-14-20(28(27-26-14)17-6-4-3-5-7-17)21(30)24-19-11-10-18(25-22(19)31-2)15-8-9-16(13-29)23-12-15/h3-12,29H,13H2,1-2H3,(H,24,30). The molecule has 0 aliphatic rings. The van der Waals surface area contributed by atoms with Crippen molar-refractivity contribution in [3.05, 3.63) is 77.9 Å². The highest BCUT2D eigenvalue weighted by Gasteiger charge is 2.21. The quantitative estimate of drug-likeness (QED) is 0.497. The van der Waals surface area contributed by atoms with E-state index in [0.717, 1.165) is 11.3 Å². The third kappa shape index (κ3) is 4.12. The number of rotatable bonds is 6. The molecule has 0 bridgehead atoms. The van der Waals surface area contributed by atoms with Gasteiger partial charge in [0.25, 0.3) is 5.91 Å². The van der Waals surface area contributed by atoms with Gasteiger partial charge in [-0.05, 0) is 43.3 Å². The number of pyridine rings is 2. The number of aliphatic hydroxyl groups is 1. The molecule has 9 nitrogen and oxygen atoms in total. The van der Waals surface area contributed by atoms with E-state index in [0.29, 0.717) is 28.5 Å². The molecule has 1 amide bonds. The van der Waals surface area contributed by atoms with E-state index >= 15 is 0 Å². The number of ether oxygens (including phenoxy) is 1. The summed E-state index contributed by atoms with van der Waals surface area (Å²) in [5, 5.41) is 20.1. The largest absolute Gasteiger partial charge is 0.479 e. The summed E-state index contributed by atoms with van der Waals surface area (Å²) in [6.45, 7) is 1.60. The minimum Gasteiger partial charge on any atom is -0.479 e. The number of carbonyl (C=O) groups excluding carboxylic acids is 1. The number of nitrogens with one attached hydrogen (secondary N) is 1. The van der Waals surface area contributed by atoms with E-state index in [-0.39, 0.29) is 18.4 Å². The van der Waals surface area contributed by atoms with Gasteiger partial charge in [0.05, 0.1) is 36.5 Å². The van der Waals surface area contributed by atoms with Crippen molar-refractivity contribution in [2.24, 2.45) is 0 Å². The van der Waals surface area contributed by atoms with Crippen LogP contribution in [0.4, 0.5) is 5.69 Å². The van der Waals surface area contributed by atoms with Crippen LogP contribution in [-0.4, -0.2) is 43.1 Å².